The summed E-state index contributed by atoms with van der Waals surface area (Å²) in [5.41, 5.74) is 1.87. The minimum atomic E-state index is -0.315. The lowest BCUT2D eigenvalue weighted by molar-refractivity contribution is -0.384. The van der Waals surface area contributed by atoms with E-state index in [1.165, 1.54) is 25.7 Å². The molecule has 1 fully saturated rings. The predicted molar refractivity (Wildman–Crippen MR) is 82.1 cm³/mol. The Balaban J connectivity index is 1.90. The molecule has 1 aliphatic carbocycles. The number of rotatable bonds is 5. The summed E-state index contributed by atoms with van der Waals surface area (Å²) in [4.78, 5) is 10.7. The van der Waals surface area contributed by atoms with Gasteiger partial charge < -0.3 is 5.32 Å². The summed E-state index contributed by atoms with van der Waals surface area (Å²) in [5, 5.41) is 14.3. The highest BCUT2D eigenvalue weighted by molar-refractivity contribution is 5.62. The number of nitro groups is 1. The van der Waals surface area contributed by atoms with Crippen LogP contribution in [0.1, 0.15) is 44.6 Å². The van der Waals surface area contributed by atoms with Crippen molar-refractivity contribution in [3.63, 3.8) is 0 Å². The molecule has 0 spiro atoms. The Morgan fingerprint density at radius 2 is 2.20 bits per heavy atom. The number of benzene rings is 1. The maximum Gasteiger partial charge on any atom is 0.292 e. The van der Waals surface area contributed by atoms with Gasteiger partial charge in [0.2, 0.25) is 0 Å². The predicted octanol–water partition coefficient (Wildman–Crippen LogP) is 4.53. The van der Waals surface area contributed by atoms with Crippen molar-refractivity contribution in [2.24, 2.45) is 11.8 Å². The maximum atomic E-state index is 11.0. The molecule has 0 bridgehead atoms. The molecule has 1 aromatic carbocycles. The quantitative estimate of drug-likeness (QED) is 0.635. The van der Waals surface area contributed by atoms with Crippen LogP contribution < -0.4 is 5.32 Å². The molecule has 0 heterocycles. The van der Waals surface area contributed by atoms with Gasteiger partial charge in [-0.3, -0.25) is 10.1 Å². The standard InChI is InChI=1S/C16H24N2O2/c1-12-4-3-5-14(10-12)8-9-17-15-11-13(2)6-7-16(15)18(19)20/h6-7,11-12,14,17H,3-5,8-10H2,1-2H3. The fourth-order valence-corrected chi connectivity index (χ4v) is 3.18. The Bertz CT molecular complexity index is 474. The highest BCUT2D eigenvalue weighted by Gasteiger charge is 2.19. The van der Waals surface area contributed by atoms with Gasteiger partial charge in [-0.1, -0.05) is 32.3 Å². The lowest BCUT2D eigenvalue weighted by Gasteiger charge is -2.26. The van der Waals surface area contributed by atoms with Gasteiger partial charge in [-0.15, -0.1) is 0 Å². The molecule has 0 amide bonds. The van der Waals surface area contributed by atoms with E-state index < -0.39 is 0 Å². The largest absolute Gasteiger partial charge is 0.379 e. The van der Waals surface area contributed by atoms with E-state index in [2.05, 4.69) is 12.2 Å². The molecule has 1 saturated carbocycles. The van der Waals surface area contributed by atoms with Gasteiger partial charge >= 0.3 is 0 Å². The van der Waals surface area contributed by atoms with Crippen LogP contribution in [0.3, 0.4) is 0 Å². The lowest BCUT2D eigenvalue weighted by atomic mass is 9.81. The summed E-state index contributed by atoms with van der Waals surface area (Å²) in [6, 6.07) is 5.23. The van der Waals surface area contributed by atoms with Crippen LogP contribution in [-0.4, -0.2) is 11.5 Å². The van der Waals surface area contributed by atoms with Crippen LogP contribution in [0, 0.1) is 28.9 Å². The van der Waals surface area contributed by atoms with Crippen LogP contribution in [0.15, 0.2) is 18.2 Å². The van der Waals surface area contributed by atoms with E-state index >= 15 is 0 Å². The number of aryl methyl sites for hydroxylation is 1. The van der Waals surface area contributed by atoms with E-state index in [1.54, 1.807) is 12.1 Å². The number of nitro benzene ring substituents is 1. The average molecular weight is 276 g/mol. The molecule has 1 aromatic rings. The van der Waals surface area contributed by atoms with E-state index in [1.807, 2.05) is 13.0 Å². The summed E-state index contributed by atoms with van der Waals surface area (Å²) in [5.74, 6) is 1.61. The van der Waals surface area contributed by atoms with Crippen LogP contribution in [0.25, 0.3) is 0 Å². The van der Waals surface area contributed by atoms with Crippen LogP contribution in [0.4, 0.5) is 11.4 Å². The second-order valence-corrected chi connectivity index (χ2v) is 6.13. The third-order valence-corrected chi connectivity index (χ3v) is 4.26. The Hall–Kier alpha value is -1.58. The van der Waals surface area contributed by atoms with Crippen molar-refractivity contribution >= 4 is 11.4 Å². The first-order valence-electron chi connectivity index (χ1n) is 7.55. The van der Waals surface area contributed by atoms with Crippen molar-refractivity contribution in [3.05, 3.63) is 33.9 Å². The Labute approximate surface area is 120 Å². The Morgan fingerprint density at radius 1 is 1.40 bits per heavy atom. The minimum absolute atomic E-state index is 0.174. The summed E-state index contributed by atoms with van der Waals surface area (Å²) in [6.07, 6.45) is 6.40. The van der Waals surface area contributed by atoms with Crippen molar-refractivity contribution in [1.82, 2.24) is 0 Å². The molecule has 1 aliphatic rings. The molecule has 4 heteroatoms. The van der Waals surface area contributed by atoms with Gasteiger partial charge in [-0.2, -0.15) is 0 Å². The Kier molecular flexibility index (Phi) is 4.99. The summed E-state index contributed by atoms with van der Waals surface area (Å²) < 4.78 is 0. The molecule has 20 heavy (non-hydrogen) atoms. The number of anilines is 1. The number of hydrogen-bond acceptors (Lipinski definition) is 3. The molecular formula is C16H24N2O2. The summed E-state index contributed by atoms with van der Waals surface area (Å²) in [6.45, 7) is 5.10. The first-order chi connectivity index (χ1) is 9.56. The van der Waals surface area contributed by atoms with Crippen molar-refractivity contribution < 1.29 is 4.92 Å². The first kappa shape index (κ1) is 14.8. The highest BCUT2D eigenvalue weighted by atomic mass is 16.6. The van der Waals surface area contributed by atoms with Crippen molar-refractivity contribution in [3.8, 4) is 0 Å². The van der Waals surface area contributed by atoms with Crippen molar-refractivity contribution in [2.75, 3.05) is 11.9 Å². The third-order valence-electron chi connectivity index (χ3n) is 4.26. The van der Waals surface area contributed by atoms with Gasteiger partial charge in [0.05, 0.1) is 4.92 Å². The van der Waals surface area contributed by atoms with Gasteiger partial charge in [-0.25, -0.2) is 0 Å². The molecule has 1 N–H and O–H groups in total. The monoisotopic (exact) mass is 276 g/mol. The summed E-state index contributed by atoms with van der Waals surface area (Å²) in [7, 11) is 0. The second-order valence-electron chi connectivity index (χ2n) is 6.13. The number of hydrogen-bond donors (Lipinski definition) is 1. The molecule has 0 aliphatic heterocycles. The fourth-order valence-electron chi connectivity index (χ4n) is 3.18. The van der Waals surface area contributed by atoms with E-state index in [9.17, 15) is 10.1 Å². The fraction of sp³-hybridized carbons (Fsp3) is 0.625. The molecule has 4 nitrogen and oxygen atoms in total. The minimum Gasteiger partial charge on any atom is -0.379 e. The SMILES string of the molecule is Cc1ccc([N+](=O)[O-])c(NCCC2CCCC(C)C2)c1. The smallest absolute Gasteiger partial charge is 0.292 e. The highest BCUT2D eigenvalue weighted by Crippen LogP contribution is 2.31. The van der Waals surface area contributed by atoms with E-state index in [0.29, 0.717) is 5.69 Å². The third kappa shape index (κ3) is 3.95. The molecule has 110 valence electrons. The van der Waals surface area contributed by atoms with Gasteiger partial charge in [-0.05, 0) is 43.2 Å². The normalized spacial score (nSPS) is 22.5. The molecule has 2 unspecified atom stereocenters. The van der Waals surface area contributed by atoms with Crippen LogP contribution in [0.2, 0.25) is 0 Å². The van der Waals surface area contributed by atoms with Gasteiger partial charge in [0, 0.05) is 12.6 Å². The second kappa shape index (κ2) is 6.73. The molecule has 2 rings (SSSR count). The molecule has 0 aromatic heterocycles. The molecule has 2 atom stereocenters. The average Bonchev–Trinajstić information content (AvgIpc) is 2.38. The van der Waals surface area contributed by atoms with Crippen molar-refractivity contribution in [1.29, 1.82) is 0 Å². The van der Waals surface area contributed by atoms with Crippen LogP contribution >= 0.6 is 0 Å². The van der Waals surface area contributed by atoms with Gasteiger partial charge in [0.25, 0.3) is 5.69 Å². The first-order valence-corrected chi connectivity index (χ1v) is 7.55. The van der Waals surface area contributed by atoms with Gasteiger partial charge in [0.15, 0.2) is 0 Å². The zero-order valence-electron chi connectivity index (χ0n) is 12.4. The molecular weight excluding hydrogens is 252 g/mol. The number of nitrogens with one attached hydrogen (secondary N) is 1. The van der Waals surface area contributed by atoms with Crippen LogP contribution in [0.5, 0.6) is 0 Å². The van der Waals surface area contributed by atoms with Gasteiger partial charge in [0.1, 0.15) is 5.69 Å². The topological polar surface area (TPSA) is 55.2 Å². The lowest BCUT2D eigenvalue weighted by Crippen LogP contribution is -2.16. The van der Waals surface area contributed by atoms with E-state index in [4.69, 9.17) is 0 Å². The zero-order valence-corrected chi connectivity index (χ0v) is 12.4. The molecule has 0 radical (unpaired) electrons. The Morgan fingerprint density at radius 3 is 2.90 bits per heavy atom. The van der Waals surface area contributed by atoms with Crippen LogP contribution in [-0.2, 0) is 0 Å². The number of nitrogens with zero attached hydrogens (tertiary/aromatic N) is 1. The van der Waals surface area contributed by atoms with E-state index in [0.717, 1.165) is 30.4 Å². The molecule has 0 saturated heterocycles. The summed E-state index contributed by atoms with van der Waals surface area (Å²) >= 11 is 0. The van der Waals surface area contributed by atoms with E-state index in [-0.39, 0.29) is 10.6 Å². The zero-order chi connectivity index (χ0) is 14.5. The van der Waals surface area contributed by atoms with Crippen molar-refractivity contribution in [2.45, 2.75) is 46.0 Å². The maximum absolute atomic E-state index is 11.0.